The molecule has 1 aliphatic heterocycles. The quantitative estimate of drug-likeness (QED) is 0.909. The molecule has 0 saturated carbocycles. The highest BCUT2D eigenvalue weighted by Gasteiger charge is 2.26. The molecule has 2 aromatic rings. The van der Waals surface area contributed by atoms with E-state index in [9.17, 15) is 5.11 Å². The predicted octanol–water partition coefficient (Wildman–Crippen LogP) is 1.87. The predicted molar refractivity (Wildman–Crippen MR) is 75.3 cm³/mol. The van der Waals surface area contributed by atoms with Crippen molar-refractivity contribution in [2.75, 3.05) is 18.0 Å². The highest BCUT2D eigenvalue weighted by Crippen LogP contribution is 2.35. The van der Waals surface area contributed by atoms with Crippen LogP contribution in [-0.4, -0.2) is 34.1 Å². The lowest BCUT2D eigenvalue weighted by Crippen LogP contribution is -2.34. The second kappa shape index (κ2) is 5.05. The molecule has 0 saturated heterocycles. The number of rotatable bonds is 4. The first-order valence-corrected chi connectivity index (χ1v) is 6.73. The molecule has 0 bridgehead atoms. The van der Waals surface area contributed by atoms with Crippen LogP contribution < -0.4 is 4.90 Å². The maximum absolute atomic E-state index is 10.2. The lowest BCUT2D eigenvalue weighted by molar-refractivity contribution is 0.155. The Balaban J connectivity index is 1.68. The summed E-state index contributed by atoms with van der Waals surface area (Å²) in [5, 5.41) is 14.3. The van der Waals surface area contributed by atoms with E-state index < -0.39 is 6.10 Å². The number of hydrogen-bond donors (Lipinski definition) is 1. The van der Waals surface area contributed by atoms with Gasteiger partial charge in [-0.25, -0.2) is 0 Å². The molecule has 2 heterocycles. The maximum atomic E-state index is 10.2. The van der Waals surface area contributed by atoms with Crippen molar-refractivity contribution < 1.29 is 5.11 Å². The van der Waals surface area contributed by atoms with Crippen molar-refractivity contribution in [3.05, 3.63) is 48.3 Å². The molecule has 1 aromatic carbocycles. The van der Waals surface area contributed by atoms with Gasteiger partial charge in [-0.2, -0.15) is 5.10 Å². The van der Waals surface area contributed by atoms with E-state index in [2.05, 4.69) is 41.2 Å². The molecule has 0 fully saturated rings. The molecule has 0 amide bonds. The van der Waals surface area contributed by atoms with Gasteiger partial charge in [0.05, 0.1) is 12.6 Å². The van der Waals surface area contributed by atoms with Crippen LogP contribution in [0.25, 0.3) is 0 Å². The molecule has 19 heavy (non-hydrogen) atoms. The zero-order valence-electron chi connectivity index (χ0n) is 11.1. The SMILES string of the molecule is C[C@H]1CN(C[C@H](O)Cn2cccn2)c2ccccc21. The topological polar surface area (TPSA) is 41.3 Å². The van der Waals surface area contributed by atoms with Crippen molar-refractivity contribution in [1.29, 1.82) is 0 Å². The first-order chi connectivity index (χ1) is 9.24. The lowest BCUT2D eigenvalue weighted by Gasteiger charge is -2.23. The van der Waals surface area contributed by atoms with E-state index in [1.807, 2.05) is 12.3 Å². The fourth-order valence-corrected chi connectivity index (χ4v) is 2.83. The Morgan fingerprint density at radius 3 is 2.95 bits per heavy atom. The Bertz CT molecular complexity index is 538. The van der Waals surface area contributed by atoms with Gasteiger partial charge in [-0.05, 0) is 17.7 Å². The molecule has 3 rings (SSSR count). The summed E-state index contributed by atoms with van der Waals surface area (Å²) in [6, 6.07) is 10.3. The van der Waals surface area contributed by atoms with Gasteiger partial charge in [0.2, 0.25) is 0 Å². The van der Waals surface area contributed by atoms with Crippen LogP contribution in [0, 0.1) is 0 Å². The standard InChI is InChI=1S/C15H19N3O/c1-12-9-17(15-6-3-2-5-14(12)15)10-13(19)11-18-8-4-7-16-18/h2-8,12-13,19H,9-11H2,1H3/t12-,13-/m0/s1. The van der Waals surface area contributed by atoms with Crippen molar-refractivity contribution in [2.24, 2.45) is 0 Å². The summed E-state index contributed by atoms with van der Waals surface area (Å²) in [6.07, 6.45) is 3.21. The van der Waals surface area contributed by atoms with Crippen LogP contribution in [0.3, 0.4) is 0 Å². The molecule has 0 radical (unpaired) electrons. The Hall–Kier alpha value is -1.81. The monoisotopic (exact) mass is 257 g/mol. The Morgan fingerprint density at radius 1 is 1.32 bits per heavy atom. The summed E-state index contributed by atoms with van der Waals surface area (Å²) in [7, 11) is 0. The van der Waals surface area contributed by atoms with Gasteiger partial charge in [-0.1, -0.05) is 25.1 Å². The van der Waals surface area contributed by atoms with Gasteiger partial charge in [-0.3, -0.25) is 4.68 Å². The highest BCUT2D eigenvalue weighted by molar-refractivity contribution is 5.59. The normalized spacial score (nSPS) is 19.5. The molecule has 4 heteroatoms. The third-order valence-electron chi connectivity index (χ3n) is 3.69. The van der Waals surface area contributed by atoms with Gasteiger partial charge in [0.15, 0.2) is 0 Å². The fraction of sp³-hybridized carbons (Fsp3) is 0.400. The van der Waals surface area contributed by atoms with E-state index in [0.29, 0.717) is 19.0 Å². The minimum atomic E-state index is -0.404. The largest absolute Gasteiger partial charge is 0.389 e. The van der Waals surface area contributed by atoms with Gasteiger partial charge in [0.1, 0.15) is 0 Å². The van der Waals surface area contributed by atoms with Gasteiger partial charge in [0.25, 0.3) is 0 Å². The average Bonchev–Trinajstić information content (AvgIpc) is 3.00. The molecule has 0 spiro atoms. The summed E-state index contributed by atoms with van der Waals surface area (Å²) in [6.45, 7) is 4.41. The van der Waals surface area contributed by atoms with E-state index >= 15 is 0 Å². The zero-order chi connectivity index (χ0) is 13.2. The van der Waals surface area contributed by atoms with Crippen molar-refractivity contribution in [2.45, 2.75) is 25.5 Å². The van der Waals surface area contributed by atoms with E-state index in [1.54, 1.807) is 10.9 Å². The number of aliphatic hydroxyl groups is 1. The molecule has 4 nitrogen and oxygen atoms in total. The number of anilines is 1. The second-order valence-electron chi connectivity index (χ2n) is 5.25. The van der Waals surface area contributed by atoms with Crippen molar-refractivity contribution in [1.82, 2.24) is 9.78 Å². The maximum Gasteiger partial charge on any atom is 0.0910 e. The summed E-state index contributed by atoms with van der Waals surface area (Å²) in [5.74, 6) is 0.535. The van der Waals surface area contributed by atoms with Gasteiger partial charge in [0, 0.05) is 37.1 Å². The fourth-order valence-electron chi connectivity index (χ4n) is 2.83. The smallest absolute Gasteiger partial charge is 0.0910 e. The Morgan fingerprint density at radius 2 is 2.16 bits per heavy atom. The molecule has 1 aliphatic rings. The summed E-state index contributed by atoms with van der Waals surface area (Å²) >= 11 is 0. The van der Waals surface area contributed by atoms with E-state index in [1.165, 1.54) is 11.3 Å². The number of para-hydroxylation sites is 1. The van der Waals surface area contributed by atoms with E-state index in [4.69, 9.17) is 0 Å². The number of hydrogen-bond acceptors (Lipinski definition) is 3. The number of aliphatic hydroxyl groups excluding tert-OH is 1. The van der Waals surface area contributed by atoms with Crippen LogP contribution in [0.2, 0.25) is 0 Å². The van der Waals surface area contributed by atoms with Crippen LogP contribution in [0.1, 0.15) is 18.4 Å². The Labute approximate surface area is 113 Å². The molecule has 1 aromatic heterocycles. The van der Waals surface area contributed by atoms with Gasteiger partial charge < -0.3 is 10.0 Å². The van der Waals surface area contributed by atoms with Crippen LogP contribution in [0.15, 0.2) is 42.7 Å². The minimum Gasteiger partial charge on any atom is -0.389 e. The van der Waals surface area contributed by atoms with E-state index in [0.717, 1.165) is 6.54 Å². The molecule has 100 valence electrons. The van der Waals surface area contributed by atoms with Crippen molar-refractivity contribution in [3.8, 4) is 0 Å². The first kappa shape index (κ1) is 12.2. The van der Waals surface area contributed by atoms with Gasteiger partial charge >= 0.3 is 0 Å². The lowest BCUT2D eigenvalue weighted by atomic mass is 10.0. The molecule has 0 aliphatic carbocycles. The van der Waals surface area contributed by atoms with E-state index in [-0.39, 0.29) is 0 Å². The highest BCUT2D eigenvalue weighted by atomic mass is 16.3. The minimum absolute atomic E-state index is 0.404. The third-order valence-corrected chi connectivity index (χ3v) is 3.69. The number of aromatic nitrogens is 2. The van der Waals surface area contributed by atoms with Gasteiger partial charge in [-0.15, -0.1) is 0 Å². The van der Waals surface area contributed by atoms with Crippen LogP contribution >= 0.6 is 0 Å². The number of benzene rings is 1. The molecule has 0 unspecified atom stereocenters. The Kier molecular flexibility index (Phi) is 3.25. The zero-order valence-corrected chi connectivity index (χ0v) is 11.1. The van der Waals surface area contributed by atoms with Crippen molar-refractivity contribution in [3.63, 3.8) is 0 Å². The summed E-state index contributed by atoms with van der Waals surface area (Å²) in [5.41, 5.74) is 2.64. The molecular weight excluding hydrogens is 238 g/mol. The second-order valence-corrected chi connectivity index (χ2v) is 5.25. The first-order valence-electron chi connectivity index (χ1n) is 6.73. The molecule has 2 atom stereocenters. The average molecular weight is 257 g/mol. The van der Waals surface area contributed by atoms with Crippen molar-refractivity contribution >= 4 is 5.69 Å². The number of nitrogens with zero attached hydrogens (tertiary/aromatic N) is 3. The third kappa shape index (κ3) is 2.49. The van der Waals surface area contributed by atoms with Crippen LogP contribution in [0.4, 0.5) is 5.69 Å². The van der Waals surface area contributed by atoms with Crippen LogP contribution in [0.5, 0.6) is 0 Å². The summed E-state index contributed by atoms with van der Waals surface area (Å²) in [4.78, 5) is 2.27. The number of β-amino-alcohol motifs (C(OH)–C–C–N with tert-alkyl or cyclic N) is 1. The molecule has 1 N–H and O–H groups in total. The molecular formula is C15H19N3O. The number of fused-ring (bicyclic) bond motifs is 1. The van der Waals surface area contributed by atoms with Crippen LogP contribution in [-0.2, 0) is 6.54 Å². The summed E-state index contributed by atoms with van der Waals surface area (Å²) < 4.78 is 1.77.